The van der Waals surface area contributed by atoms with Crippen molar-refractivity contribution in [3.8, 4) is 0 Å². The van der Waals surface area contributed by atoms with Crippen LogP contribution in [0.3, 0.4) is 0 Å². The molecular weight excluding hydrogens is 324 g/mol. The van der Waals surface area contributed by atoms with Gasteiger partial charge in [-0.05, 0) is 30.7 Å². The lowest BCUT2D eigenvalue weighted by Crippen LogP contribution is -2.40. The van der Waals surface area contributed by atoms with Crippen molar-refractivity contribution in [3.05, 3.63) is 35.9 Å². The van der Waals surface area contributed by atoms with E-state index in [-0.39, 0.29) is 17.9 Å². The van der Waals surface area contributed by atoms with Crippen LogP contribution in [0.1, 0.15) is 38.2 Å². The summed E-state index contributed by atoms with van der Waals surface area (Å²) in [7, 11) is -3.25. The number of amides is 1. The molecule has 24 heavy (non-hydrogen) atoms. The summed E-state index contributed by atoms with van der Waals surface area (Å²) < 4.78 is 25.8. The van der Waals surface area contributed by atoms with Crippen LogP contribution in [0, 0.1) is 5.92 Å². The second-order valence-corrected chi connectivity index (χ2v) is 8.46. The summed E-state index contributed by atoms with van der Waals surface area (Å²) >= 11 is 0. The summed E-state index contributed by atoms with van der Waals surface area (Å²) in [5.74, 6) is 0.340. The van der Waals surface area contributed by atoms with E-state index in [1.54, 1.807) is 0 Å². The Morgan fingerprint density at radius 1 is 1.25 bits per heavy atom. The SMILES string of the molecule is CCC[C@H]1CN(C(=O)CCCc2ccccc2)C[C@@H]1NS(C)(=O)=O. The lowest BCUT2D eigenvalue weighted by Gasteiger charge is -2.17. The summed E-state index contributed by atoms with van der Waals surface area (Å²) in [4.78, 5) is 14.3. The zero-order valence-electron chi connectivity index (χ0n) is 14.6. The van der Waals surface area contributed by atoms with E-state index in [9.17, 15) is 13.2 Å². The number of nitrogens with zero attached hydrogens (tertiary/aromatic N) is 1. The Labute approximate surface area is 145 Å². The van der Waals surface area contributed by atoms with E-state index in [0.717, 1.165) is 25.7 Å². The molecule has 0 unspecified atom stereocenters. The zero-order valence-corrected chi connectivity index (χ0v) is 15.4. The molecule has 0 aromatic heterocycles. The van der Waals surface area contributed by atoms with Crippen LogP contribution in [0.5, 0.6) is 0 Å². The highest BCUT2D eigenvalue weighted by Gasteiger charge is 2.35. The van der Waals surface area contributed by atoms with E-state index in [1.807, 2.05) is 23.1 Å². The van der Waals surface area contributed by atoms with E-state index >= 15 is 0 Å². The summed E-state index contributed by atoms with van der Waals surface area (Å²) in [5, 5.41) is 0. The molecule has 5 nitrogen and oxygen atoms in total. The Balaban J connectivity index is 1.85. The van der Waals surface area contributed by atoms with Crippen molar-refractivity contribution in [2.75, 3.05) is 19.3 Å². The Bertz CT molecular complexity index is 631. The largest absolute Gasteiger partial charge is 0.341 e. The van der Waals surface area contributed by atoms with Crippen LogP contribution in [-0.4, -0.2) is 44.6 Å². The average Bonchev–Trinajstić information content (AvgIpc) is 2.90. The minimum Gasteiger partial charge on any atom is -0.341 e. The molecule has 0 saturated carbocycles. The van der Waals surface area contributed by atoms with Gasteiger partial charge in [0.1, 0.15) is 0 Å². The molecule has 2 atom stereocenters. The number of carbonyl (C=O) groups is 1. The van der Waals surface area contributed by atoms with Crippen molar-refractivity contribution in [1.29, 1.82) is 0 Å². The van der Waals surface area contributed by atoms with Crippen LogP contribution < -0.4 is 4.72 Å². The molecular formula is C18H28N2O3S. The second-order valence-electron chi connectivity index (χ2n) is 6.68. The van der Waals surface area contributed by atoms with Crippen molar-refractivity contribution < 1.29 is 13.2 Å². The number of likely N-dealkylation sites (tertiary alicyclic amines) is 1. The first-order valence-electron chi connectivity index (χ1n) is 8.68. The Morgan fingerprint density at radius 2 is 1.96 bits per heavy atom. The molecule has 1 saturated heterocycles. The van der Waals surface area contributed by atoms with Crippen molar-refractivity contribution >= 4 is 15.9 Å². The fourth-order valence-corrected chi connectivity index (χ4v) is 4.21. The van der Waals surface area contributed by atoms with Gasteiger partial charge in [0.05, 0.1) is 6.26 Å². The molecule has 0 aliphatic carbocycles. The number of rotatable bonds is 8. The first-order valence-corrected chi connectivity index (χ1v) is 10.6. The monoisotopic (exact) mass is 352 g/mol. The van der Waals surface area contributed by atoms with Gasteiger partial charge in [-0.15, -0.1) is 0 Å². The maximum Gasteiger partial charge on any atom is 0.222 e. The number of carbonyl (C=O) groups excluding carboxylic acids is 1. The molecule has 1 fully saturated rings. The van der Waals surface area contributed by atoms with E-state index in [0.29, 0.717) is 19.5 Å². The predicted octanol–water partition coefficient (Wildman–Crippen LogP) is 2.19. The van der Waals surface area contributed by atoms with Gasteiger partial charge in [0.15, 0.2) is 0 Å². The molecule has 1 aliphatic heterocycles. The molecule has 1 aromatic carbocycles. The highest BCUT2D eigenvalue weighted by Crippen LogP contribution is 2.23. The molecule has 6 heteroatoms. The highest BCUT2D eigenvalue weighted by molar-refractivity contribution is 7.88. The Morgan fingerprint density at radius 3 is 2.58 bits per heavy atom. The third kappa shape index (κ3) is 5.91. The van der Waals surface area contributed by atoms with Crippen molar-refractivity contribution in [3.63, 3.8) is 0 Å². The lowest BCUT2D eigenvalue weighted by atomic mass is 9.99. The lowest BCUT2D eigenvalue weighted by molar-refractivity contribution is -0.130. The molecule has 2 rings (SSSR count). The number of hydrogen-bond donors (Lipinski definition) is 1. The van der Waals surface area contributed by atoms with Gasteiger partial charge in [0.25, 0.3) is 0 Å². The van der Waals surface area contributed by atoms with Gasteiger partial charge in [-0.25, -0.2) is 13.1 Å². The molecule has 1 aromatic rings. The molecule has 1 heterocycles. The zero-order chi connectivity index (χ0) is 17.6. The minimum atomic E-state index is -3.25. The molecule has 0 bridgehead atoms. The summed E-state index contributed by atoms with van der Waals surface area (Å²) in [6, 6.07) is 10.00. The van der Waals surface area contributed by atoms with Gasteiger partial charge in [-0.1, -0.05) is 43.7 Å². The first-order chi connectivity index (χ1) is 11.4. The van der Waals surface area contributed by atoms with Crippen molar-refractivity contribution in [2.45, 2.75) is 45.1 Å². The van der Waals surface area contributed by atoms with E-state index in [1.165, 1.54) is 11.8 Å². The quantitative estimate of drug-likeness (QED) is 0.780. The van der Waals surface area contributed by atoms with Crippen LogP contribution in [-0.2, 0) is 21.2 Å². The van der Waals surface area contributed by atoms with Gasteiger partial charge in [-0.3, -0.25) is 4.79 Å². The van der Waals surface area contributed by atoms with Gasteiger partial charge < -0.3 is 4.90 Å². The first kappa shape index (κ1) is 18.9. The average molecular weight is 353 g/mol. The maximum absolute atomic E-state index is 12.4. The van der Waals surface area contributed by atoms with E-state index < -0.39 is 10.0 Å². The van der Waals surface area contributed by atoms with E-state index in [2.05, 4.69) is 23.8 Å². The third-order valence-electron chi connectivity index (χ3n) is 4.52. The van der Waals surface area contributed by atoms with Gasteiger partial charge in [0.2, 0.25) is 15.9 Å². The van der Waals surface area contributed by atoms with Gasteiger partial charge >= 0.3 is 0 Å². The minimum absolute atomic E-state index is 0.129. The van der Waals surface area contributed by atoms with Crippen molar-refractivity contribution in [2.24, 2.45) is 5.92 Å². The Kier molecular flexibility index (Phi) is 6.80. The molecule has 1 aliphatic rings. The molecule has 0 spiro atoms. The predicted molar refractivity (Wildman–Crippen MR) is 96.1 cm³/mol. The van der Waals surface area contributed by atoms with Crippen LogP contribution in [0.25, 0.3) is 0 Å². The fraction of sp³-hybridized carbons (Fsp3) is 0.611. The van der Waals surface area contributed by atoms with Crippen LogP contribution in [0.15, 0.2) is 30.3 Å². The molecule has 1 N–H and O–H groups in total. The summed E-state index contributed by atoms with van der Waals surface area (Å²) in [5.41, 5.74) is 1.24. The highest BCUT2D eigenvalue weighted by atomic mass is 32.2. The van der Waals surface area contributed by atoms with Crippen LogP contribution >= 0.6 is 0 Å². The summed E-state index contributed by atoms with van der Waals surface area (Å²) in [6.45, 7) is 3.23. The normalized spacial score (nSPS) is 21.2. The Hall–Kier alpha value is -1.40. The molecule has 134 valence electrons. The van der Waals surface area contributed by atoms with Gasteiger partial charge in [-0.2, -0.15) is 0 Å². The smallest absolute Gasteiger partial charge is 0.222 e. The summed E-state index contributed by atoms with van der Waals surface area (Å²) in [6.07, 6.45) is 5.33. The number of aryl methyl sites for hydroxylation is 1. The molecule has 1 amide bonds. The van der Waals surface area contributed by atoms with Crippen LogP contribution in [0.2, 0.25) is 0 Å². The standard InChI is InChI=1S/C18H28N2O3S/c1-3-8-16-13-20(14-17(16)19-24(2,22)23)18(21)12-7-11-15-9-5-4-6-10-15/h4-6,9-10,16-17,19H,3,7-8,11-14H2,1-2H3/t16-,17-/m0/s1. The number of benzene rings is 1. The molecule has 0 radical (unpaired) electrons. The third-order valence-corrected chi connectivity index (χ3v) is 5.25. The van der Waals surface area contributed by atoms with E-state index in [4.69, 9.17) is 0 Å². The maximum atomic E-state index is 12.4. The van der Waals surface area contributed by atoms with Gasteiger partial charge in [0, 0.05) is 25.6 Å². The second kappa shape index (κ2) is 8.62. The topological polar surface area (TPSA) is 66.5 Å². The fourth-order valence-electron chi connectivity index (χ4n) is 3.39. The van der Waals surface area contributed by atoms with Crippen LogP contribution in [0.4, 0.5) is 0 Å². The number of sulfonamides is 1. The number of hydrogen-bond acceptors (Lipinski definition) is 3. The number of nitrogens with one attached hydrogen (secondary N) is 1. The van der Waals surface area contributed by atoms with Crippen molar-refractivity contribution in [1.82, 2.24) is 9.62 Å².